The summed E-state index contributed by atoms with van der Waals surface area (Å²) in [4.78, 5) is 10.4. The molecule has 0 fully saturated rings. The molecule has 0 saturated carbocycles. The average molecular weight is 164 g/mol. The van der Waals surface area contributed by atoms with Crippen LogP contribution in [-0.4, -0.2) is 16.5 Å². The van der Waals surface area contributed by atoms with Gasteiger partial charge in [0.25, 0.3) is 0 Å². The Labute approximate surface area is 82.6 Å². The molecule has 0 aromatic heterocycles. The number of hydrogen-bond acceptors (Lipinski definition) is 3. The van der Waals surface area contributed by atoms with Gasteiger partial charge in [-0.15, -0.1) is 11.8 Å². The van der Waals surface area contributed by atoms with Crippen molar-refractivity contribution in [3.8, 4) is 0 Å². The molecule has 1 heterocycles. The first kappa shape index (κ1) is 11.2. The molecule has 0 unspecified atom stereocenters. The van der Waals surface area contributed by atoms with Crippen LogP contribution >= 0.6 is 11.8 Å². The third-order valence-electron chi connectivity index (χ3n) is 1.60. The van der Waals surface area contributed by atoms with E-state index < -0.39 is 5.97 Å². The fraction of sp³-hybridized carbons (Fsp3) is 0.571. The zero-order valence-corrected chi connectivity index (χ0v) is 7.83. The molecule has 56 valence electrons. The molecule has 1 rings (SSSR count). The second-order valence-electron chi connectivity index (χ2n) is 2.73. The van der Waals surface area contributed by atoms with Crippen molar-refractivity contribution in [1.82, 2.24) is 0 Å². The van der Waals surface area contributed by atoms with E-state index in [1.54, 1.807) is 17.8 Å². The second-order valence-corrected chi connectivity index (χ2v) is 4.37. The minimum atomic E-state index is -1.03. The van der Waals surface area contributed by atoms with E-state index in [9.17, 15) is 9.90 Å². The SMILES string of the molecule is CC1(C)SCC=C1C(=O)[O-].[Li+]. The maximum absolute atomic E-state index is 10.4. The van der Waals surface area contributed by atoms with E-state index in [0.29, 0.717) is 5.57 Å². The van der Waals surface area contributed by atoms with Gasteiger partial charge in [0.15, 0.2) is 0 Å². The van der Waals surface area contributed by atoms with Gasteiger partial charge in [0.1, 0.15) is 0 Å². The Morgan fingerprint density at radius 1 is 1.73 bits per heavy atom. The first-order valence-corrected chi connectivity index (χ1v) is 4.08. The maximum atomic E-state index is 10.4. The minimum absolute atomic E-state index is 0. The summed E-state index contributed by atoms with van der Waals surface area (Å²) in [6.45, 7) is 3.79. The summed E-state index contributed by atoms with van der Waals surface area (Å²) in [7, 11) is 0. The van der Waals surface area contributed by atoms with E-state index >= 15 is 0 Å². The Morgan fingerprint density at radius 3 is 2.45 bits per heavy atom. The fourth-order valence-electron chi connectivity index (χ4n) is 0.986. The largest absolute Gasteiger partial charge is 1.00 e. The Bertz CT molecular complexity index is 199. The first-order chi connectivity index (χ1) is 4.54. The zero-order chi connectivity index (χ0) is 7.78. The van der Waals surface area contributed by atoms with Crippen LogP contribution in [0.15, 0.2) is 11.6 Å². The summed E-state index contributed by atoms with van der Waals surface area (Å²) in [5.74, 6) is -0.244. The molecule has 1 aliphatic heterocycles. The van der Waals surface area contributed by atoms with Crippen molar-refractivity contribution in [1.29, 1.82) is 0 Å². The van der Waals surface area contributed by atoms with E-state index in [0.717, 1.165) is 5.75 Å². The van der Waals surface area contributed by atoms with Gasteiger partial charge in [-0.1, -0.05) is 6.08 Å². The van der Waals surface area contributed by atoms with Crippen LogP contribution in [0.2, 0.25) is 0 Å². The molecule has 2 nitrogen and oxygen atoms in total. The van der Waals surface area contributed by atoms with E-state index in [1.807, 2.05) is 13.8 Å². The Hall–Kier alpha value is 0.157. The molecule has 0 aliphatic carbocycles. The summed E-state index contributed by atoms with van der Waals surface area (Å²) in [5, 5.41) is 10.4. The van der Waals surface area contributed by atoms with Gasteiger partial charge < -0.3 is 9.90 Å². The number of carboxylic acids is 1. The number of aliphatic carboxylic acids is 1. The van der Waals surface area contributed by atoms with Gasteiger partial charge >= 0.3 is 18.9 Å². The van der Waals surface area contributed by atoms with Gasteiger partial charge in [-0.05, 0) is 19.4 Å². The van der Waals surface area contributed by atoms with Crippen molar-refractivity contribution >= 4 is 17.7 Å². The molecule has 1 aliphatic rings. The number of rotatable bonds is 1. The predicted molar refractivity (Wildman–Crippen MR) is 39.6 cm³/mol. The van der Waals surface area contributed by atoms with Gasteiger partial charge in [0, 0.05) is 10.5 Å². The van der Waals surface area contributed by atoms with Crippen LogP contribution in [0.1, 0.15) is 13.8 Å². The third-order valence-corrected chi connectivity index (χ3v) is 2.88. The van der Waals surface area contributed by atoms with Crippen molar-refractivity contribution in [2.45, 2.75) is 18.6 Å². The standard InChI is InChI=1S/C7H10O2S.Li/c1-7(2)5(6(8)9)3-4-10-7;/h3H,4H2,1-2H3,(H,8,9);/q;+1/p-1. The van der Waals surface area contributed by atoms with Crippen LogP contribution < -0.4 is 24.0 Å². The quantitative estimate of drug-likeness (QED) is 0.393. The Kier molecular flexibility index (Phi) is 3.76. The third kappa shape index (κ3) is 2.30. The summed E-state index contributed by atoms with van der Waals surface area (Å²) in [6.07, 6.45) is 1.72. The summed E-state index contributed by atoms with van der Waals surface area (Å²) < 4.78 is -0.251. The topological polar surface area (TPSA) is 40.1 Å². The molecular weight excluding hydrogens is 155 g/mol. The van der Waals surface area contributed by atoms with Crippen molar-refractivity contribution in [2.75, 3.05) is 5.75 Å². The van der Waals surface area contributed by atoms with Crippen molar-refractivity contribution in [3.05, 3.63) is 11.6 Å². The maximum Gasteiger partial charge on any atom is 1.00 e. The molecule has 0 N–H and O–H groups in total. The molecular formula is C7H9LiO2S. The molecule has 0 bridgehead atoms. The Balaban J connectivity index is 0.000001000. The van der Waals surface area contributed by atoms with E-state index in [2.05, 4.69) is 0 Å². The number of carboxylic acid groups (broad SMARTS) is 1. The molecule has 0 amide bonds. The molecule has 0 saturated heterocycles. The zero-order valence-electron chi connectivity index (χ0n) is 7.01. The normalized spacial score (nSPS) is 20.4. The van der Waals surface area contributed by atoms with Gasteiger partial charge in [-0.25, -0.2) is 0 Å². The molecule has 0 aromatic rings. The summed E-state index contributed by atoms with van der Waals surface area (Å²) in [5.41, 5.74) is 0.428. The first-order valence-electron chi connectivity index (χ1n) is 3.10. The smallest absolute Gasteiger partial charge is 0.545 e. The number of thioether (sulfide) groups is 1. The minimum Gasteiger partial charge on any atom is -0.545 e. The fourth-order valence-corrected chi connectivity index (χ4v) is 1.97. The van der Waals surface area contributed by atoms with Crippen LogP contribution in [0.4, 0.5) is 0 Å². The molecule has 4 heteroatoms. The van der Waals surface area contributed by atoms with E-state index in [4.69, 9.17) is 0 Å². The van der Waals surface area contributed by atoms with Gasteiger partial charge in [0.05, 0.1) is 5.97 Å². The van der Waals surface area contributed by atoms with Crippen LogP contribution in [0.25, 0.3) is 0 Å². The molecule has 0 aromatic carbocycles. The van der Waals surface area contributed by atoms with Crippen molar-refractivity contribution in [2.24, 2.45) is 0 Å². The summed E-state index contributed by atoms with van der Waals surface area (Å²) >= 11 is 1.62. The van der Waals surface area contributed by atoms with Crippen LogP contribution in [0.3, 0.4) is 0 Å². The van der Waals surface area contributed by atoms with E-state index in [-0.39, 0.29) is 23.6 Å². The van der Waals surface area contributed by atoms with Crippen LogP contribution in [0, 0.1) is 0 Å². The molecule has 0 atom stereocenters. The Morgan fingerprint density at radius 2 is 2.27 bits per heavy atom. The number of hydrogen-bond donors (Lipinski definition) is 0. The van der Waals surface area contributed by atoms with Gasteiger partial charge in [0.2, 0.25) is 0 Å². The van der Waals surface area contributed by atoms with E-state index in [1.165, 1.54) is 0 Å². The second kappa shape index (κ2) is 3.71. The van der Waals surface area contributed by atoms with Gasteiger partial charge in [-0.2, -0.15) is 0 Å². The summed E-state index contributed by atoms with van der Waals surface area (Å²) in [6, 6.07) is 0. The predicted octanol–water partition coefficient (Wildman–Crippen LogP) is -2.81. The van der Waals surface area contributed by atoms with Crippen LogP contribution in [0.5, 0.6) is 0 Å². The monoisotopic (exact) mass is 164 g/mol. The van der Waals surface area contributed by atoms with Gasteiger partial charge in [-0.3, -0.25) is 0 Å². The van der Waals surface area contributed by atoms with Crippen molar-refractivity contribution in [3.63, 3.8) is 0 Å². The molecule has 0 spiro atoms. The average Bonchev–Trinajstić information content (AvgIpc) is 2.08. The van der Waals surface area contributed by atoms with Crippen molar-refractivity contribution < 1.29 is 28.8 Å². The molecule has 11 heavy (non-hydrogen) atoms. The van der Waals surface area contributed by atoms with Crippen LogP contribution in [-0.2, 0) is 4.79 Å². The number of carbonyl (C=O) groups is 1. The number of carbonyl (C=O) groups excluding carboxylic acids is 1. The molecule has 0 radical (unpaired) electrons.